The lowest BCUT2D eigenvalue weighted by Crippen LogP contribution is -2.41. The highest BCUT2D eigenvalue weighted by Crippen LogP contribution is 2.06. The smallest absolute Gasteiger partial charge is 0.407 e. The Hall–Kier alpha value is -2.28. The molecule has 1 rings (SSSR count). The fourth-order valence-corrected chi connectivity index (χ4v) is 1.77. The molecule has 0 aliphatic carbocycles. The maximum Gasteiger partial charge on any atom is 0.407 e. The van der Waals surface area contributed by atoms with E-state index in [1.807, 2.05) is 24.3 Å². The Bertz CT molecular complexity index is 526. The van der Waals surface area contributed by atoms with E-state index in [0.29, 0.717) is 26.2 Å². The fourth-order valence-electron chi connectivity index (χ4n) is 1.77. The molecule has 128 valence electrons. The van der Waals surface area contributed by atoms with Crippen molar-refractivity contribution in [2.45, 2.75) is 39.5 Å². The molecule has 1 aromatic carbocycles. The second kappa shape index (κ2) is 8.99. The zero-order valence-electron chi connectivity index (χ0n) is 13.9. The number of nitrogens with one attached hydrogen (secondary N) is 3. The van der Waals surface area contributed by atoms with Crippen molar-refractivity contribution in [3.8, 4) is 0 Å². The summed E-state index contributed by atoms with van der Waals surface area (Å²) in [6, 6.07) is 7.41. The Balaban J connectivity index is 2.18. The van der Waals surface area contributed by atoms with Gasteiger partial charge in [0.15, 0.2) is 0 Å². The quantitative estimate of drug-likeness (QED) is 0.595. The Morgan fingerprint density at radius 2 is 1.74 bits per heavy atom. The number of alkyl carbamates (subject to hydrolysis) is 1. The summed E-state index contributed by atoms with van der Waals surface area (Å²) in [6.45, 7) is 6.86. The van der Waals surface area contributed by atoms with Crippen LogP contribution in [0.15, 0.2) is 24.3 Å². The van der Waals surface area contributed by atoms with Crippen LogP contribution in [-0.4, -0.2) is 30.8 Å². The van der Waals surface area contributed by atoms with Gasteiger partial charge in [0.1, 0.15) is 5.60 Å². The number of hydrogen-bond donors (Lipinski definition) is 4. The van der Waals surface area contributed by atoms with Gasteiger partial charge in [0.25, 0.3) is 0 Å². The number of hydrogen-bond acceptors (Lipinski definition) is 4. The van der Waals surface area contributed by atoms with Crippen LogP contribution in [0.3, 0.4) is 0 Å². The first-order valence-corrected chi connectivity index (χ1v) is 7.56. The predicted octanol–water partition coefficient (Wildman–Crippen LogP) is 1.47. The van der Waals surface area contributed by atoms with Crippen molar-refractivity contribution in [2.75, 3.05) is 13.1 Å². The molecule has 0 aromatic heterocycles. The van der Waals surface area contributed by atoms with E-state index in [4.69, 9.17) is 10.5 Å². The molecule has 0 unspecified atom stereocenters. The van der Waals surface area contributed by atoms with Crippen molar-refractivity contribution in [1.29, 1.82) is 0 Å². The maximum atomic E-state index is 11.7. The summed E-state index contributed by atoms with van der Waals surface area (Å²) in [4.78, 5) is 23.1. The number of carbonyl (C=O) groups is 2. The molecule has 0 saturated carbocycles. The third kappa shape index (κ3) is 8.67. The SMILES string of the molecule is CC(C)(C)OC(=O)NCCNC(=O)NCc1cccc(CN)c1. The van der Waals surface area contributed by atoms with E-state index in [9.17, 15) is 9.59 Å². The molecule has 0 spiro atoms. The van der Waals surface area contributed by atoms with Gasteiger partial charge < -0.3 is 26.4 Å². The van der Waals surface area contributed by atoms with Crippen LogP contribution >= 0.6 is 0 Å². The molecule has 3 amide bonds. The first kappa shape index (κ1) is 18.8. The summed E-state index contributed by atoms with van der Waals surface area (Å²) >= 11 is 0. The van der Waals surface area contributed by atoms with Crippen LogP contribution < -0.4 is 21.7 Å². The van der Waals surface area contributed by atoms with Crippen molar-refractivity contribution in [1.82, 2.24) is 16.0 Å². The molecule has 5 N–H and O–H groups in total. The normalized spacial score (nSPS) is 10.8. The molecule has 0 saturated heterocycles. The minimum atomic E-state index is -0.535. The van der Waals surface area contributed by atoms with E-state index in [0.717, 1.165) is 11.1 Å². The standard InChI is InChI=1S/C16H26N4O3/c1-16(2,3)23-15(22)19-8-7-18-14(21)20-11-13-6-4-5-12(9-13)10-17/h4-6,9H,7-8,10-11,17H2,1-3H3,(H,19,22)(H2,18,20,21). The number of nitrogens with two attached hydrogens (primary N) is 1. The van der Waals surface area contributed by atoms with E-state index < -0.39 is 11.7 Å². The van der Waals surface area contributed by atoms with E-state index in [1.165, 1.54) is 0 Å². The highest BCUT2D eigenvalue weighted by Gasteiger charge is 2.15. The van der Waals surface area contributed by atoms with Crippen molar-refractivity contribution >= 4 is 12.1 Å². The van der Waals surface area contributed by atoms with Gasteiger partial charge in [-0.15, -0.1) is 0 Å². The average molecular weight is 322 g/mol. The number of amides is 3. The number of urea groups is 1. The van der Waals surface area contributed by atoms with Gasteiger partial charge in [0.05, 0.1) is 0 Å². The Labute approximate surface area is 137 Å². The van der Waals surface area contributed by atoms with Gasteiger partial charge in [-0.3, -0.25) is 0 Å². The first-order valence-electron chi connectivity index (χ1n) is 7.56. The summed E-state index contributed by atoms with van der Waals surface area (Å²) < 4.78 is 5.08. The molecule has 7 nitrogen and oxygen atoms in total. The van der Waals surface area contributed by atoms with E-state index in [-0.39, 0.29) is 6.03 Å². The van der Waals surface area contributed by atoms with Crippen LogP contribution in [0, 0.1) is 0 Å². The molecule has 1 aromatic rings. The molecule has 0 atom stereocenters. The van der Waals surface area contributed by atoms with Crippen molar-refractivity contribution in [3.63, 3.8) is 0 Å². The van der Waals surface area contributed by atoms with Crippen LogP contribution in [0.1, 0.15) is 31.9 Å². The van der Waals surface area contributed by atoms with Gasteiger partial charge in [0.2, 0.25) is 0 Å². The van der Waals surface area contributed by atoms with Gasteiger partial charge in [-0.1, -0.05) is 24.3 Å². The summed E-state index contributed by atoms with van der Waals surface area (Å²) in [5.41, 5.74) is 7.04. The minimum absolute atomic E-state index is 0.297. The average Bonchev–Trinajstić information content (AvgIpc) is 2.48. The molecule has 0 aliphatic heterocycles. The van der Waals surface area contributed by atoms with Gasteiger partial charge in [-0.2, -0.15) is 0 Å². The zero-order valence-corrected chi connectivity index (χ0v) is 13.9. The molecule has 23 heavy (non-hydrogen) atoms. The lowest BCUT2D eigenvalue weighted by molar-refractivity contribution is 0.0528. The van der Waals surface area contributed by atoms with Gasteiger partial charge in [0, 0.05) is 26.2 Å². The second-order valence-electron chi connectivity index (χ2n) is 6.06. The monoisotopic (exact) mass is 322 g/mol. The van der Waals surface area contributed by atoms with Crippen LogP contribution in [0.4, 0.5) is 9.59 Å². The molecule has 0 bridgehead atoms. The second-order valence-corrected chi connectivity index (χ2v) is 6.06. The molecular weight excluding hydrogens is 296 g/mol. The van der Waals surface area contributed by atoms with E-state index in [1.54, 1.807) is 20.8 Å². The Morgan fingerprint density at radius 1 is 1.09 bits per heavy atom. The Kier molecular flexibility index (Phi) is 7.34. The number of ether oxygens (including phenoxy) is 1. The molecule has 7 heteroatoms. The molecular formula is C16H26N4O3. The van der Waals surface area contributed by atoms with Gasteiger partial charge in [-0.25, -0.2) is 9.59 Å². The van der Waals surface area contributed by atoms with Crippen molar-refractivity contribution < 1.29 is 14.3 Å². The highest BCUT2D eigenvalue weighted by molar-refractivity contribution is 5.74. The van der Waals surface area contributed by atoms with Crippen LogP contribution in [0.25, 0.3) is 0 Å². The number of carbonyl (C=O) groups excluding carboxylic acids is 2. The number of benzene rings is 1. The van der Waals surface area contributed by atoms with Crippen LogP contribution in [0.2, 0.25) is 0 Å². The first-order chi connectivity index (χ1) is 10.8. The van der Waals surface area contributed by atoms with Crippen LogP contribution in [-0.2, 0) is 17.8 Å². The van der Waals surface area contributed by atoms with E-state index in [2.05, 4.69) is 16.0 Å². The van der Waals surface area contributed by atoms with Crippen molar-refractivity contribution in [2.24, 2.45) is 5.73 Å². The predicted molar refractivity (Wildman–Crippen MR) is 88.8 cm³/mol. The minimum Gasteiger partial charge on any atom is -0.444 e. The van der Waals surface area contributed by atoms with Gasteiger partial charge in [-0.05, 0) is 31.9 Å². The van der Waals surface area contributed by atoms with Crippen molar-refractivity contribution in [3.05, 3.63) is 35.4 Å². The lowest BCUT2D eigenvalue weighted by Gasteiger charge is -2.19. The van der Waals surface area contributed by atoms with Gasteiger partial charge >= 0.3 is 12.1 Å². The highest BCUT2D eigenvalue weighted by atomic mass is 16.6. The maximum absolute atomic E-state index is 11.7. The van der Waals surface area contributed by atoms with Crippen LogP contribution in [0.5, 0.6) is 0 Å². The molecule has 0 heterocycles. The summed E-state index contributed by atoms with van der Waals surface area (Å²) in [6.07, 6.45) is -0.502. The Morgan fingerprint density at radius 3 is 2.39 bits per heavy atom. The summed E-state index contributed by atoms with van der Waals surface area (Å²) in [5, 5.41) is 7.96. The zero-order chi connectivity index (χ0) is 17.3. The topological polar surface area (TPSA) is 105 Å². The third-order valence-corrected chi connectivity index (χ3v) is 2.76. The molecule has 0 fully saturated rings. The fraction of sp³-hybridized carbons (Fsp3) is 0.500. The molecule has 0 aliphatic rings. The number of rotatable bonds is 6. The summed E-state index contributed by atoms with van der Waals surface area (Å²) in [7, 11) is 0. The third-order valence-electron chi connectivity index (χ3n) is 2.76. The molecule has 0 radical (unpaired) electrons. The summed E-state index contributed by atoms with van der Waals surface area (Å²) in [5.74, 6) is 0. The largest absolute Gasteiger partial charge is 0.444 e. The van der Waals surface area contributed by atoms with E-state index >= 15 is 0 Å². The lowest BCUT2D eigenvalue weighted by atomic mass is 10.1.